The molecule has 0 bridgehead atoms. The highest BCUT2D eigenvalue weighted by Gasteiger charge is 2.13. The first-order valence-electron chi connectivity index (χ1n) is 13.4. The van der Waals surface area contributed by atoms with Gasteiger partial charge < -0.3 is 28.4 Å². The highest BCUT2D eigenvalue weighted by Crippen LogP contribution is 2.19. The van der Waals surface area contributed by atoms with E-state index in [9.17, 15) is 19.2 Å². The summed E-state index contributed by atoms with van der Waals surface area (Å²) in [4.78, 5) is 46.1. The van der Waals surface area contributed by atoms with Crippen LogP contribution in [0.1, 0.15) is 37.7 Å². The lowest BCUT2D eigenvalue weighted by Gasteiger charge is -2.08. The first kappa shape index (κ1) is 33.3. The molecule has 0 amide bonds. The van der Waals surface area contributed by atoms with Crippen LogP contribution in [-0.4, -0.2) is 57.4 Å². The molecule has 0 atom stereocenters. The third kappa shape index (κ3) is 14.0. The molecular weight excluding hydrogens is 544 g/mol. The van der Waals surface area contributed by atoms with Crippen LogP contribution < -0.4 is 14.2 Å². The molecule has 0 N–H and O–H groups in total. The van der Waals surface area contributed by atoms with Crippen molar-refractivity contribution in [1.82, 2.24) is 0 Å². The molecule has 0 aromatic heterocycles. The second-order valence-corrected chi connectivity index (χ2v) is 8.77. The van der Waals surface area contributed by atoms with E-state index in [1.807, 2.05) is 12.1 Å². The number of benzene rings is 2. The summed E-state index contributed by atoms with van der Waals surface area (Å²) in [5.41, 5.74) is 0.852. The molecule has 10 nitrogen and oxygen atoms in total. The maximum atomic E-state index is 12.2. The molecule has 2 aromatic carbocycles. The van der Waals surface area contributed by atoms with E-state index in [1.54, 1.807) is 42.5 Å². The first-order chi connectivity index (χ1) is 20.3. The molecule has 0 spiro atoms. The molecular formula is C32H36O10. The Morgan fingerprint density at radius 1 is 0.714 bits per heavy atom. The Hall–Kier alpha value is -4.86. The van der Waals surface area contributed by atoms with E-state index in [1.165, 1.54) is 13.2 Å². The van der Waals surface area contributed by atoms with Gasteiger partial charge in [0, 0.05) is 17.7 Å². The third-order valence-electron chi connectivity index (χ3n) is 5.47. The van der Waals surface area contributed by atoms with Crippen molar-refractivity contribution in [3.05, 3.63) is 85.0 Å². The fourth-order valence-electron chi connectivity index (χ4n) is 3.20. The van der Waals surface area contributed by atoms with Gasteiger partial charge in [0.25, 0.3) is 0 Å². The first-order valence-corrected chi connectivity index (χ1v) is 13.4. The van der Waals surface area contributed by atoms with Gasteiger partial charge in [0.15, 0.2) is 0 Å². The zero-order chi connectivity index (χ0) is 30.6. The SMILES string of the molecule is C=CC(=O)OCCCCOc1ccc(/C=C/C(=O)Oc2ccc(OCCCCOC(=O)C(=C)CC(=O)OC)cc2)cc1. The quantitative estimate of drug-likeness (QED) is 0.0736. The standard InChI is InChI=1S/C32H36O10/c1-4-29(33)40-21-7-5-19-38-26-12-9-25(10-13-26)11-18-30(34)42-28-16-14-27(15-17-28)39-20-6-8-22-41-32(36)24(2)23-31(35)37-3/h4,9-18H,1-2,5-8,19-23H2,3H3/b18-11+. The number of hydrogen-bond acceptors (Lipinski definition) is 10. The summed E-state index contributed by atoms with van der Waals surface area (Å²) in [5, 5.41) is 0. The van der Waals surface area contributed by atoms with Crippen molar-refractivity contribution < 1.29 is 47.6 Å². The van der Waals surface area contributed by atoms with Crippen LogP contribution in [0.3, 0.4) is 0 Å². The summed E-state index contributed by atoms with van der Waals surface area (Å²) in [7, 11) is 1.24. The smallest absolute Gasteiger partial charge is 0.336 e. The lowest BCUT2D eigenvalue weighted by atomic mass is 10.2. The summed E-state index contributed by atoms with van der Waals surface area (Å²) in [6.07, 6.45) is 6.55. The van der Waals surface area contributed by atoms with E-state index in [2.05, 4.69) is 17.9 Å². The minimum Gasteiger partial charge on any atom is -0.494 e. The van der Waals surface area contributed by atoms with Gasteiger partial charge in [-0.2, -0.15) is 0 Å². The summed E-state index contributed by atoms with van der Waals surface area (Å²) in [6, 6.07) is 13.9. The Morgan fingerprint density at radius 2 is 1.24 bits per heavy atom. The maximum Gasteiger partial charge on any atom is 0.336 e. The van der Waals surface area contributed by atoms with Crippen molar-refractivity contribution in [2.24, 2.45) is 0 Å². The molecule has 0 aliphatic heterocycles. The Labute approximate surface area is 245 Å². The molecule has 0 unspecified atom stereocenters. The topological polar surface area (TPSA) is 124 Å². The number of esters is 4. The van der Waals surface area contributed by atoms with E-state index in [0.29, 0.717) is 56.3 Å². The van der Waals surface area contributed by atoms with Crippen LogP contribution >= 0.6 is 0 Å². The van der Waals surface area contributed by atoms with Crippen molar-refractivity contribution in [3.8, 4) is 17.2 Å². The van der Waals surface area contributed by atoms with Crippen LogP contribution in [0.15, 0.2) is 79.4 Å². The molecule has 42 heavy (non-hydrogen) atoms. The van der Waals surface area contributed by atoms with Crippen LogP contribution in [0.5, 0.6) is 17.2 Å². The fourth-order valence-corrected chi connectivity index (χ4v) is 3.20. The van der Waals surface area contributed by atoms with E-state index in [0.717, 1.165) is 18.1 Å². The number of methoxy groups -OCH3 is 1. The zero-order valence-electron chi connectivity index (χ0n) is 23.7. The second-order valence-electron chi connectivity index (χ2n) is 8.77. The van der Waals surface area contributed by atoms with Crippen molar-refractivity contribution in [2.45, 2.75) is 32.1 Å². The van der Waals surface area contributed by atoms with Gasteiger partial charge in [-0.3, -0.25) is 4.79 Å². The van der Waals surface area contributed by atoms with Crippen LogP contribution in [0.25, 0.3) is 6.08 Å². The minimum absolute atomic E-state index is 0.0460. The minimum atomic E-state index is -0.626. The predicted octanol–water partition coefficient (Wildman–Crippen LogP) is 5.02. The lowest BCUT2D eigenvalue weighted by molar-refractivity contribution is -0.144. The summed E-state index contributed by atoms with van der Waals surface area (Å²) >= 11 is 0. The molecule has 0 aliphatic carbocycles. The van der Waals surface area contributed by atoms with Crippen molar-refractivity contribution >= 4 is 30.0 Å². The molecule has 0 aliphatic rings. The second kappa shape index (κ2) is 19.3. The van der Waals surface area contributed by atoms with Crippen molar-refractivity contribution in [2.75, 3.05) is 33.5 Å². The highest BCUT2D eigenvalue weighted by molar-refractivity contribution is 5.93. The Kier molecular flexibility index (Phi) is 15.3. The number of unbranched alkanes of at least 4 members (excludes halogenated alkanes) is 2. The highest BCUT2D eigenvalue weighted by atomic mass is 16.5. The molecule has 0 saturated carbocycles. The van der Waals surface area contributed by atoms with Gasteiger partial charge >= 0.3 is 23.9 Å². The van der Waals surface area contributed by atoms with E-state index >= 15 is 0 Å². The van der Waals surface area contributed by atoms with Gasteiger partial charge in [-0.25, -0.2) is 14.4 Å². The number of carbonyl (C=O) groups excluding carboxylic acids is 4. The van der Waals surface area contributed by atoms with Crippen LogP contribution in [-0.2, 0) is 33.4 Å². The van der Waals surface area contributed by atoms with Crippen molar-refractivity contribution in [1.29, 1.82) is 0 Å². The van der Waals surface area contributed by atoms with Crippen LogP contribution in [0.2, 0.25) is 0 Å². The van der Waals surface area contributed by atoms with Gasteiger partial charge in [-0.1, -0.05) is 25.3 Å². The monoisotopic (exact) mass is 580 g/mol. The Bertz CT molecular complexity index is 1210. The lowest BCUT2D eigenvalue weighted by Crippen LogP contribution is -2.13. The third-order valence-corrected chi connectivity index (χ3v) is 5.47. The summed E-state index contributed by atoms with van der Waals surface area (Å²) in [6.45, 7) is 8.26. The predicted molar refractivity (Wildman–Crippen MR) is 155 cm³/mol. The van der Waals surface area contributed by atoms with E-state index in [4.69, 9.17) is 23.7 Å². The average Bonchev–Trinajstić information content (AvgIpc) is 3.00. The Morgan fingerprint density at radius 3 is 1.81 bits per heavy atom. The maximum absolute atomic E-state index is 12.2. The summed E-state index contributed by atoms with van der Waals surface area (Å²) < 4.78 is 31.1. The van der Waals surface area contributed by atoms with Crippen LogP contribution in [0, 0.1) is 0 Å². The molecule has 0 heterocycles. The van der Waals surface area contributed by atoms with Gasteiger partial charge in [0.05, 0.1) is 40.0 Å². The van der Waals surface area contributed by atoms with Crippen LogP contribution in [0.4, 0.5) is 0 Å². The molecule has 224 valence electrons. The number of hydrogen-bond donors (Lipinski definition) is 0. The van der Waals surface area contributed by atoms with Gasteiger partial charge in [0.2, 0.25) is 0 Å². The van der Waals surface area contributed by atoms with Gasteiger partial charge in [-0.15, -0.1) is 0 Å². The number of rotatable bonds is 19. The number of ether oxygens (including phenoxy) is 6. The van der Waals surface area contributed by atoms with Gasteiger partial charge in [-0.05, 0) is 73.7 Å². The largest absolute Gasteiger partial charge is 0.494 e. The average molecular weight is 581 g/mol. The van der Waals surface area contributed by atoms with Gasteiger partial charge in [0.1, 0.15) is 17.2 Å². The normalized spacial score (nSPS) is 10.4. The van der Waals surface area contributed by atoms with E-state index in [-0.39, 0.29) is 18.6 Å². The zero-order valence-corrected chi connectivity index (χ0v) is 23.7. The molecule has 0 saturated heterocycles. The van der Waals surface area contributed by atoms with Crippen molar-refractivity contribution in [3.63, 3.8) is 0 Å². The molecule has 0 fully saturated rings. The summed E-state index contributed by atoms with van der Waals surface area (Å²) in [5.74, 6) is -0.456. The molecule has 2 aromatic rings. The van der Waals surface area contributed by atoms with E-state index < -0.39 is 23.9 Å². The Balaban J connectivity index is 1.61. The molecule has 2 rings (SSSR count). The fraction of sp³-hybridized carbons (Fsp3) is 0.312. The molecule has 0 radical (unpaired) electrons. The molecule has 10 heteroatoms. The number of carbonyl (C=O) groups is 4.